The molecule has 0 aromatic carbocycles. The summed E-state index contributed by atoms with van der Waals surface area (Å²) in [6, 6.07) is -1.75. The van der Waals surface area contributed by atoms with Crippen LogP contribution in [0.15, 0.2) is 36.2 Å². The summed E-state index contributed by atoms with van der Waals surface area (Å²) in [7, 11) is 0. The summed E-state index contributed by atoms with van der Waals surface area (Å²) in [5.41, 5.74) is 5.09. The number of hydrogen-bond donors (Lipinski definition) is 2. The minimum Gasteiger partial charge on any atom is -0.464 e. The molecule has 3 fully saturated rings. The van der Waals surface area contributed by atoms with E-state index in [0.29, 0.717) is 19.4 Å². The number of ether oxygens (including phenoxy) is 2. The van der Waals surface area contributed by atoms with E-state index in [1.165, 1.54) is 15.9 Å². The molecule has 5 aliphatic rings. The van der Waals surface area contributed by atoms with Crippen molar-refractivity contribution in [1.29, 1.82) is 0 Å². The molecule has 0 spiro atoms. The number of allylic oxidation sites excluding steroid dienone is 3. The number of carbonyl (C=O) groups excluding carboxylic acids is 4. The van der Waals surface area contributed by atoms with Gasteiger partial charge in [-0.15, -0.1) is 0 Å². The van der Waals surface area contributed by atoms with Crippen LogP contribution in [0.5, 0.6) is 0 Å². The molecule has 3 heterocycles. The third kappa shape index (κ3) is 5.66. The molecule has 10 nitrogen and oxygen atoms in total. The molecule has 218 valence electrons. The van der Waals surface area contributed by atoms with Gasteiger partial charge in [0.2, 0.25) is 11.8 Å². The molecule has 0 bridgehead atoms. The molecule has 1 saturated carbocycles. The Kier molecular flexibility index (Phi) is 8.30. The first-order valence-corrected chi connectivity index (χ1v) is 14.4. The van der Waals surface area contributed by atoms with Gasteiger partial charge in [-0.1, -0.05) is 37.1 Å². The van der Waals surface area contributed by atoms with Crippen LogP contribution < -0.4 is 11.1 Å². The molecule has 40 heavy (non-hydrogen) atoms. The lowest BCUT2D eigenvalue weighted by atomic mass is 9.91. The topological polar surface area (TPSA) is 131 Å². The maximum absolute atomic E-state index is 14.2. The van der Waals surface area contributed by atoms with Gasteiger partial charge in [-0.3, -0.25) is 9.59 Å². The number of nitrogens with one attached hydrogen (secondary N) is 1. The highest BCUT2D eigenvalue weighted by atomic mass is 19.1. The summed E-state index contributed by atoms with van der Waals surface area (Å²) in [6.07, 6.45) is 12.0. The number of hydrogen-bond acceptors (Lipinski definition) is 7. The van der Waals surface area contributed by atoms with E-state index in [4.69, 9.17) is 15.2 Å². The van der Waals surface area contributed by atoms with Gasteiger partial charge in [-0.2, -0.15) is 0 Å². The molecular formula is C29H39FN4O6. The van der Waals surface area contributed by atoms with Crippen molar-refractivity contribution >= 4 is 23.9 Å². The summed E-state index contributed by atoms with van der Waals surface area (Å²) in [4.78, 5) is 55.9. The second-order valence-electron chi connectivity index (χ2n) is 11.5. The molecule has 2 saturated heterocycles. The zero-order chi connectivity index (χ0) is 28.4. The predicted molar refractivity (Wildman–Crippen MR) is 143 cm³/mol. The summed E-state index contributed by atoms with van der Waals surface area (Å²) in [5.74, 6) is -2.32. The first kappa shape index (κ1) is 28.3. The Balaban J connectivity index is 1.32. The van der Waals surface area contributed by atoms with Crippen molar-refractivity contribution in [2.75, 3.05) is 26.2 Å². The Hall–Kier alpha value is -3.21. The zero-order valence-corrected chi connectivity index (χ0v) is 22.9. The molecule has 2 unspecified atom stereocenters. The van der Waals surface area contributed by atoms with Gasteiger partial charge in [0, 0.05) is 37.3 Å². The van der Waals surface area contributed by atoms with Crippen molar-refractivity contribution in [2.45, 2.75) is 75.6 Å². The van der Waals surface area contributed by atoms with Crippen molar-refractivity contribution in [3.63, 3.8) is 0 Å². The van der Waals surface area contributed by atoms with E-state index in [1.54, 1.807) is 13.0 Å². The molecule has 3 N–H and O–H groups in total. The van der Waals surface area contributed by atoms with Crippen LogP contribution in [0.4, 0.5) is 9.18 Å². The number of carbonyl (C=O) groups is 4. The average molecular weight is 559 g/mol. The molecule has 3 amide bonds. The number of fused-ring (bicyclic) bond motifs is 3. The van der Waals surface area contributed by atoms with Gasteiger partial charge in [0.05, 0.1) is 19.2 Å². The average Bonchev–Trinajstić information content (AvgIpc) is 3.24. The van der Waals surface area contributed by atoms with Gasteiger partial charge in [0.15, 0.2) is 0 Å². The normalized spacial score (nSPS) is 36.7. The van der Waals surface area contributed by atoms with E-state index in [9.17, 15) is 23.6 Å². The number of nitrogens with two attached hydrogens (primary N) is 1. The maximum atomic E-state index is 14.2. The summed E-state index contributed by atoms with van der Waals surface area (Å²) < 4.78 is 25.3. The SMILES string of the molecule is CCOC(=O)[C@@]12C[C@H]1/C=C\CCCCC[C@H](N)C(=O)N1C[C@H](OC(=O)N3CC4C=CC=C(F)C4C3)C[C@H]1C(=O)N2. The second kappa shape index (κ2) is 11.7. The number of amides is 3. The van der Waals surface area contributed by atoms with Gasteiger partial charge in [0.1, 0.15) is 23.5 Å². The Morgan fingerprint density at radius 1 is 1.18 bits per heavy atom. The van der Waals surface area contributed by atoms with Crippen LogP contribution in [0.25, 0.3) is 0 Å². The Morgan fingerprint density at radius 3 is 2.77 bits per heavy atom. The van der Waals surface area contributed by atoms with Crippen LogP contribution in [0, 0.1) is 17.8 Å². The summed E-state index contributed by atoms with van der Waals surface area (Å²) >= 11 is 0. The number of esters is 1. The van der Waals surface area contributed by atoms with Crippen molar-refractivity contribution in [1.82, 2.24) is 15.1 Å². The molecule has 0 radical (unpaired) electrons. The standard InChI is InChI=1S/C29H39FN4O6/c1-2-39-27(37)29-14-19(29)10-6-4-3-5-7-12-23(31)26(36)34-16-20(13-24(34)25(35)32-29)40-28(38)33-15-18-9-8-11-22(30)21(18)17-33/h6,8-11,18-21,23-24H,2-5,7,12-17,31H2,1H3,(H,32,35)/b10-6-/t18?,19-,20-,21?,23+,24+,29-/m1/s1. The fourth-order valence-electron chi connectivity index (χ4n) is 6.38. The van der Waals surface area contributed by atoms with Crippen molar-refractivity contribution in [3.05, 3.63) is 36.2 Å². The van der Waals surface area contributed by atoms with Gasteiger partial charge >= 0.3 is 12.1 Å². The minimum atomic E-state index is -1.17. The molecule has 11 heteroatoms. The van der Waals surface area contributed by atoms with E-state index in [1.807, 2.05) is 18.2 Å². The quantitative estimate of drug-likeness (QED) is 0.402. The highest BCUT2D eigenvalue weighted by molar-refractivity contribution is 5.96. The van der Waals surface area contributed by atoms with E-state index in [0.717, 1.165) is 25.7 Å². The number of nitrogens with zero attached hydrogens (tertiary/aromatic N) is 2. The molecule has 5 rings (SSSR count). The molecule has 7 atom stereocenters. The Morgan fingerprint density at radius 2 is 2.00 bits per heavy atom. The molecular weight excluding hydrogens is 519 g/mol. The van der Waals surface area contributed by atoms with Gasteiger partial charge in [-0.25, -0.2) is 14.0 Å². The minimum absolute atomic E-state index is 0.0148. The highest BCUT2D eigenvalue weighted by Crippen LogP contribution is 2.46. The Labute approximate surface area is 233 Å². The number of likely N-dealkylation sites (tertiary alicyclic amines) is 1. The van der Waals surface area contributed by atoms with Crippen LogP contribution in [-0.4, -0.2) is 83.6 Å². The maximum Gasteiger partial charge on any atom is 0.410 e. The van der Waals surface area contributed by atoms with Crippen LogP contribution >= 0.6 is 0 Å². The third-order valence-corrected chi connectivity index (χ3v) is 8.78. The lowest BCUT2D eigenvalue weighted by Gasteiger charge is -2.28. The summed E-state index contributed by atoms with van der Waals surface area (Å²) in [6.45, 7) is 2.45. The van der Waals surface area contributed by atoms with Crippen molar-refractivity contribution in [3.8, 4) is 0 Å². The van der Waals surface area contributed by atoms with Crippen LogP contribution in [0.1, 0.15) is 51.9 Å². The van der Waals surface area contributed by atoms with Gasteiger partial charge in [0.25, 0.3) is 0 Å². The van der Waals surface area contributed by atoms with E-state index >= 15 is 0 Å². The monoisotopic (exact) mass is 558 g/mol. The Bertz CT molecular complexity index is 1120. The first-order chi connectivity index (χ1) is 19.2. The third-order valence-electron chi connectivity index (χ3n) is 8.78. The molecule has 3 aliphatic heterocycles. The van der Waals surface area contributed by atoms with E-state index in [-0.39, 0.29) is 55.6 Å². The molecule has 0 aromatic rings. The fraction of sp³-hybridized carbons (Fsp3) is 0.655. The highest BCUT2D eigenvalue weighted by Gasteiger charge is 2.62. The first-order valence-electron chi connectivity index (χ1n) is 14.4. The van der Waals surface area contributed by atoms with E-state index in [2.05, 4.69) is 5.32 Å². The summed E-state index contributed by atoms with van der Waals surface area (Å²) in [5, 5.41) is 2.89. The van der Waals surface area contributed by atoms with Crippen molar-refractivity contribution in [2.24, 2.45) is 23.5 Å². The van der Waals surface area contributed by atoms with Crippen LogP contribution in [0.2, 0.25) is 0 Å². The lowest BCUT2D eigenvalue weighted by molar-refractivity contribution is -0.150. The number of rotatable bonds is 3. The van der Waals surface area contributed by atoms with Gasteiger partial charge < -0.3 is 30.3 Å². The van der Waals surface area contributed by atoms with Crippen LogP contribution in [-0.2, 0) is 23.9 Å². The fourth-order valence-corrected chi connectivity index (χ4v) is 6.38. The van der Waals surface area contributed by atoms with E-state index < -0.39 is 41.7 Å². The lowest BCUT2D eigenvalue weighted by Crippen LogP contribution is -2.55. The molecule has 0 aromatic heterocycles. The largest absolute Gasteiger partial charge is 0.464 e. The predicted octanol–water partition coefficient (Wildman–Crippen LogP) is 2.35. The molecule has 2 aliphatic carbocycles. The van der Waals surface area contributed by atoms with Crippen LogP contribution in [0.3, 0.4) is 0 Å². The zero-order valence-electron chi connectivity index (χ0n) is 22.9. The second-order valence-corrected chi connectivity index (χ2v) is 11.5. The van der Waals surface area contributed by atoms with Gasteiger partial charge in [-0.05, 0) is 38.7 Å². The smallest absolute Gasteiger partial charge is 0.410 e. The number of halogens is 1. The van der Waals surface area contributed by atoms with Crippen molar-refractivity contribution < 1.29 is 33.0 Å².